The molecule has 5 nitrogen and oxygen atoms in total. The third-order valence-corrected chi connectivity index (χ3v) is 12.3. The number of para-hydroxylation sites is 2. The molecule has 250 valence electrons. The Balaban J connectivity index is 1.23. The Labute approximate surface area is 309 Å². The summed E-state index contributed by atoms with van der Waals surface area (Å²) in [6.07, 6.45) is 0. The van der Waals surface area contributed by atoms with Crippen molar-refractivity contribution in [1.29, 1.82) is 0 Å². The number of fused-ring (bicyclic) bond motifs is 5. The molecule has 9 aromatic rings. The molecule has 0 aliphatic heterocycles. The molecule has 0 atom stereocenters. The highest BCUT2D eigenvalue weighted by atomic mass is 32.1. The fourth-order valence-electron chi connectivity index (χ4n) is 7.29. The maximum absolute atomic E-state index is 5.24. The number of benzene rings is 5. The van der Waals surface area contributed by atoms with Crippen LogP contribution in [0.15, 0.2) is 115 Å². The van der Waals surface area contributed by atoms with Gasteiger partial charge in [0.1, 0.15) is 11.6 Å². The van der Waals surface area contributed by atoms with Crippen molar-refractivity contribution in [2.45, 2.75) is 39.5 Å². The third-order valence-electron chi connectivity index (χ3n) is 9.87. The molecule has 4 aromatic heterocycles. The first kappa shape index (κ1) is 31.1. The highest BCUT2D eigenvalue weighted by Crippen LogP contribution is 2.55. The lowest BCUT2D eigenvalue weighted by molar-refractivity contribution is 0.697. The van der Waals surface area contributed by atoms with Crippen LogP contribution in [0.5, 0.6) is 0 Å². The topological polar surface area (TPSA) is 64.5 Å². The van der Waals surface area contributed by atoms with E-state index in [1.54, 1.807) is 11.3 Å². The van der Waals surface area contributed by atoms with E-state index in [1.165, 1.54) is 35.7 Å². The van der Waals surface area contributed by atoms with Gasteiger partial charge in [0.25, 0.3) is 0 Å². The Morgan fingerprint density at radius 2 is 1.04 bits per heavy atom. The van der Waals surface area contributed by atoms with Crippen LogP contribution in [0.25, 0.3) is 97.1 Å². The smallest absolute Gasteiger partial charge is 0.165 e. The van der Waals surface area contributed by atoms with E-state index in [2.05, 4.69) is 131 Å². The van der Waals surface area contributed by atoms with E-state index in [9.17, 15) is 0 Å². The fourth-order valence-corrected chi connectivity index (χ4v) is 9.75. The standard InChI is InChI=1S/C45H33N5S2/c1-24(2)43-48-44(25(3)4)50-45(49-43)37-30-21-28(19-20-34(30)51-41(37)26-13-7-5-8-14-26)29-22-31-36-35(23-29)52-42(27-15-9-6-10-16-27)38(36)40-39(31)46-32-17-11-12-18-33(32)47-40/h5-25H,1-4H3. The van der Waals surface area contributed by atoms with E-state index in [0.29, 0.717) is 0 Å². The fraction of sp³-hybridized carbons (Fsp3) is 0.133. The van der Waals surface area contributed by atoms with E-state index in [1.807, 2.05) is 23.5 Å². The zero-order valence-electron chi connectivity index (χ0n) is 29.2. The van der Waals surface area contributed by atoms with Gasteiger partial charge in [0.15, 0.2) is 5.82 Å². The molecule has 1 aliphatic rings. The van der Waals surface area contributed by atoms with E-state index < -0.39 is 0 Å². The molecule has 1 aliphatic carbocycles. The van der Waals surface area contributed by atoms with Gasteiger partial charge in [-0.3, -0.25) is 0 Å². The number of thiophene rings is 2. The Hall–Kier alpha value is -5.63. The molecule has 4 heterocycles. The molecule has 0 saturated carbocycles. The Morgan fingerprint density at radius 3 is 1.67 bits per heavy atom. The normalized spacial score (nSPS) is 12.2. The largest absolute Gasteiger partial charge is 0.244 e. The zero-order chi connectivity index (χ0) is 35.1. The summed E-state index contributed by atoms with van der Waals surface area (Å²) in [7, 11) is 0. The van der Waals surface area contributed by atoms with Crippen LogP contribution in [0, 0.1) is 0 Å². The molecular formula is C45H33N5S2. The zero-order valence-corrected chi connectivity index (χ0v) is 30.8. The summed E-state index contributed by atoms with van der Waals surface area (Å²) < 4.78 is 2.44. The lowest BCUT2D eigenvalue weighted by Crippen LogP contribution is -2.08. The average molecular weight is 708 g/mol. The molecule has 5 aromatic carbocycles. The van der Waals surface area contributed by atoms with Crippen LogP contribution >= 0.6 is 22.7 Å². The maximum atomic E-state index is 5.24. The molecule has 0 unspecified atom stereocenters. The van der Waals surface area contributed by atoms with Crippen LogP contribution in [0.3, 0.4) is 0 Å². The van der Waals surface area contributed by atoms with Crippen molar-refractivity contribution < 1.29 is 0 Å². The Bertz CT molecular complexity index is 2830. The van der Waals surface area contributed by atoms with Gasteiger partial charge in [-0.2, -0.15) is 0 Å². The molecule has 10 rings (SSSR count). The van der Waals surface area contributed by atoms with Crippen molar-refractivity contribution in [3.63, 3.8) is 0 Å². The molecule has 0 bridgehead atoms. The number of hydrogen-bond donors (Lipinski definition) is 0. The van der Waals surface area contributed by atoms with E-state index in [4.69, 9.17) is 24.9 Å². The monoisotopic (exact) mass is 707 g/mol. The molecule has 0 saturated heterocycles. The summed E-state index contributed by atoms with van der Waals surface area (Å²) in [5, 5.41) is 2.39. The predicted octanol–water partition coefficient (Wildman–Crippen LogP) is 12.8. The van der Waals surface area contributed by atoms with Gasteiger partial charge in [0, 0.05) is 58.5 Å². The predicted molar refractivity (Wildman–Crippen MR) is 218 cm³/mol. The summed E-state index contributed by atoms with van der Waals surface area (Å²) in [5.74, 6) is 2.75. The molecular weight excluding hydrogens is 675 g/mol. The number of nitrogens with zero attached hydrogens (tertiary/aromatic N) is 5. The van der Waals surface area contributed by atoms with Gasteiger partial charge in [-0.15, -0.1) is 22.7 Å². The molecule has 0 amide bonds. The molecule has 0 spiro atoms. The SMILES string of the molecule is CC(C)c1nc(-c2c(-c3ccccc3)sc3ccc(-c4cc5c6c(c(-c7ccccc7)sc6c4)-c4nc6ccccc6nc4-5)cc23)nc(C(C)C)n1. The second kappa shape index (κ2) is 12.0. The van der Waals surface area contributed by atoms with Crippen molar-refractivity contribution in [1.82, 2.24) is 24.9 Å². The summed E-state index contributed by atoms with van der Waals surface area (Å²) in [6, 6.07) is 41.0. The first-order valence-electron chi connectivity index (χ1n) is 17.7. The third kappa shape index (κ3) is 4.91. The molecule has 0 radical (unpaired) electrons. The number of hydrogen-bond acceptors (Lipinski definition) is 7. The summed E-state index contributed by atoms with van der Waals surface area (Å²) >= 11 is 3.64. The first-order valence-corrected chi connectivity index (χ1v) is 19.4. The quantitative estimate of drug-likeness (QED) is 0.172. The van der Waals surface area contributed by atoms with Crippen molar-refractivity contribution in [2.75, 3.05) is 0 Å². The van der Waals surface area contributed by atoms with Crippen LogP contribution in [0.4, 0.5) is 0 Å². The highest BCUT2D eigenvalue weighted by Gasteiger charge is 2.31. The Kier molecular flexibility index (Phi) is 7.17. The lowest BCUT2D eigenvalue weighted by Gasteiger charge is -2.13. The minimum absolute atomic E-state index is 0.180. The molecule has 7 heteroatoms. The van der Waals surface area contributed by atoms with Crippen LogP contribution in [-0.4, -0.2) is 24.9 Å². The van der Waals surface area contributed by atoms with Gasteiger partial charge >= 0.3 is 0 Å². The van der Waals surface area contributed by atoms with Crippen molar-refractivity contribution in [3.8, 4) is 65.9 Å². The van der Waals surface area contributed by atoms with Gasteiger partial charge in [-0.05, 0) is 58.7 Å². The number of aromatic nitrogens is 5. The van der Waals surface area contributed by atoms with Gasteiger partial charge in [0.05, 0.1) is 22.4 Å². The first-order chi connectivity index (χ1) is 25.4. The lowest BCUT2D eigenvalue weighted by atomic mass is 9.97. The van der Waals surface area contributed by atoms with Crippen LogP contribution < -0.4 is 0 Å². The minimum Gasteiger partial charge on any atom is -0.244 e. The second-order valence-corrected chi connectivity index (χ2v) is 16.2. The summed E-state index contributed by atoms with van der Waals surface area (Å²) in [5.41, 5.74) is 11.8. The van der Waals surface area contributed by atoms with Gasteiger partial charge in [-0.25, -0.2) is 24.9 Å². The molecule has 0 N–H and O–H groups in total. The van der Waals surface area contributed by atoms with Crippen molar-refractivity contribution >= 4 is 53.9 Å². The van der Waals surface area contributed by atoms with Crippen LogP contribution in [0.2, 0.25) is 0 Å². The average Bonchev–Trinajstić information content (AvgIpc) is 3.86. The van der Waals surface area contributed by atoms with E-state index in [0.717, 1.165) is 73.1 Å². The molecule has 52 heavy (non-hydrogen) atoms. The summed E-state index contributed by atoms with van der Waals surface area (Å²) in [6.45, 7) is 8.60. The Morgan fingerprint density at radius 1 is 0.462 bits per heavy atom. The maximum Gasteiger partial charge on any atom is 0.165 e. The van der Waals surface area contributed by atoms with Gasteiger partial charge in [-0.1, -0.05) is 107 Å². The number of rotatable bonds is 6. The second-order valence-electron chi connectivity index (χ2n) is 14.0. The van der Waals surface area contributed by atoms with Crippen molar-refractivity contribution in [3.05, 3.63) is 127 Å². The summed E-state index contributed by atoms with van der Waals surface area (Å²) in [4.78, 5) is 28.0. The highest BCUT2D eigenvalue weighted by molar-refractivity contribution is 7.23. The van der Waals surface area contributed by atoms with Crippen molar-refractivity contribution in [2.24, 2.45) is 0 Å². The molecule has 0 fully saturated rings. The van der Waals surface area contributed by atoms with Crippen LogP contribution in [-0.2, 0) is 0 Å². The van der Waals surface area contributed by atoms with E-state index >= 15 is 0 Å². The van der Waals surface area contributed by atoms with Gasteiger partial charge in [0.2, 0.25) is 0 Å². The van der Waals surface area contributed by atoms with Gasteiger partial charge < -0.3 is 0 Å². The minimum atomic E-state index is 0.180. The van der Waals surface area contributed by atoms with Crippen LogP contribution in [0.1, 0.15) is 51.2 Å². The van der Waals surface area contributed by atoms with E-state index in [-0.39, 0.29) is 11.8 Å².